The summed E-state index contributed by atoms with van der Waals surface area (Å²) >= 11 is 0. The van der Waals surface area contributed by atoms with Gasteiger partial charge in [0.05, 0.1) is 5.69 Å². The molecule has 0 radical (unpaired) electrons. The first-order valence-electron chi connectivity index (χ1n) is 6.43. The normalized spacial score (nSPS) is 11.0. The van der Waals surface area contributed by atoms with Gasteiger partial charge in [0.1, 0.15) is 5.75 Å². The number of rotatable bonds is 4. The number of benzene rings is 2. The molecule has 0 aliphatic carbocycles. The molecule has 0 heterocycles. The maximum atomic E-state index is 5.85. The van der Waals surface area contributed by atoms with Crippen LogP contribution in [-0.4, -0.2) is 12.5 Å². The Morgan fingerprint density at radius 1 is 1.10 bits per heavy atom. The molecule has 2 aromatic carbocycles. The maximum absolute atomic E-state index is 5.85. The molecule has 2 rings (SSSR count). The number of hydrazine groups is 1. The number of anilines is 1. The van der Waals surface area contributed by atoms with Crippen LogP contribution in [0.1, 0.15) is 6.92 Å². The summed E-state index contributed by atoms with van der Waals surface area (Å²) in [5.74, 6) is 7.40. The lowest BCUT2D eigenvalue weighted by Gasteiger charge is -2.13. The van der Waals surface area contributed by atoms with E-state index in [9.17, 15) is 0 Å². The lowest BCUT2D eigenvalue weighted by Crippen LogP contribution is -2.36. The number of para-hydroxylation sites is 3. The summed E-state index contributed by atoms with van der Waals surface area (Å²) in [6.45, 7) is 2.57. The predicted molar refractivity (Wildman–Crippen MR) is 81.9 cm³/mol. The van der Waals surface area contributed by atoms with Crippen molar-refractivity contribution < 1.29 is 4.74 Å². The van der Waals surface area contributed by atoms with E-state index in [0.29, 0.717) is 18.3 Å². The minimum atomic E-state index is 0.497. The van der Waals surface area contributed by atoms with Gasteiger partial charge in [-0.3, -0.25) is 10.4 Å². The van der Waals surface area contributed by atoms with E-state index in [1.165, 1.54) is 0 Å². The van der Waals surface area contributed by atoms with Crippen molar-refractivity contribution in [1.29, 1.82) is 0 Å². The average molecular weight is 270 g/mol. The van der Waals surface area contributed by atoms with Crippen LogP contribution in [0.15, 0.2) is 59.6 Å². The Balaban J connectivity index is 2.20. The Bertz CT molecular complexity index is 569. The van der Waals surface area contributed by atoms with Crippen molar-refractivity contribution in [2.24, 2.45) is 10.8 Å². The van der Waals surface area contributed by atoms with Crippen molar-refractivity contribution in [3.63, 3.8) is 0 Å². The quantitative estimate of drug-likeness (QED) is 0.346. The highest BCUT2D eigenvalue weighted by Crippen LogP contribution is 2.28. The molecule has 0 saturated heterocycles. The van der Waals surface area contributed by atoms with E-state index in [-0.39, 0.29) is 0 Å². The fraction of sp³-hybridized carbons (Fsp3) is 0.133. The van der Waals surface area contributed by atoms with Gasteiger partial charge in [0.25, 0.3) is 0 Å². The molecular weight excluding hydrogens is 252 g/mol. The third-order valence-corrected chi connectivity index (χ3v) is 2.56. The number of ether oxygens (including phenoxy) is 1. The van der Waals surface area contributed by atoms with Gasteiger partial charge in [0, 0.05) is 6.54 Å². The second-order valence-electron chi connectivity index (χ2n) is 4.00. The monoisotopic (exact) mass is 270 g/mol. The summed E-state index contributed by atoms with van der Waals surface area (Å²) in [7, 11) is 0. The van der Waals surface area contributed by atoms with Crippen LogP contribution >= 0.6 is 0 Å². The molecule has 5 nitrogen and oxygen atoms in total. The largest absolute Gasteiger partial charge is 0.455 e. The van der Waals surface area contributed by atoms with Gasteiger partial charge in [0.2, 0.25) is 5.96 Å². The minimum Gasteiger partial charge on any atom is -0.455 e. The molecule has 0 atom stereocenters. The Morgan fingerprint density at radius 3 is 2.50 bits per heavy atom. The highest BCUT2D eigenvalue weighted by molar-refractivity contribution is 5.94. The zero-order chi connectivity index (χ0) is 14.2. The standard InChI is InChI=1S/C15H18N4O/c1-2-17-15(19-16)18-13-10-6-7-11-14(13)20-12-8-4-3-5-9-12/h3-11H,2,16H2,1H3,(H2,17,18,19). The van der Waals surface area contributed by atoms with Gasteiger partial charge >= 0.3 is 0 Å². The first-order valence-corrected chi connectivity index (χ1v) is 6.43. The van der Waals surface area contributed by atoms with Gasteiger partial charge in [-0.15, -0.1) is 0 Å². The SMILES string of the molecule is CCN=C(NN)Nc1ccccc1Oc1ccccc1. The van der Waals surface area contributed by atoms with Crippen LogP contribution < -0.4 is 21.3 Å². The van der Waals surface area contributed by atoms with Crippen molar-refractivity contribution >= 4 is 11.6 Å². The van der Waals surface area contributed by atoms with Crippen LogP contribution in [0.2, 0.25) is 0 Å². The average Bonchev–Trinajstić information content (AvgIpc) is 2.49. The zero-order valence-corrected chi connectivity index (χ0v) is 11.3. The summed E-state index contributed by atoms with van der Waals surface area (Å²) in [6.07, 6.45) is 0. The molecule has 5 heteroatoms. The molecule has 0 aliphatic heterocycles. The molecule has 2 aromatic rings. The molecule has 0 aliphatic rings. The van der Waals surface area contributed by atoms with Crippen molar-refractivity contribution in [3.8, 4) is 11.5 Å². The molecule has 0 fully saturated rings. The van der Waals surface area contributed by atoms with Gasteiger partial charge in [-0.2, -0.15) is 0 Å². The van der Waals surface area contributed by atoms with Crippen molar-refractivity contribution in [1.82, 2.24) is 5.43 Å². The highest BCUT2D eigenvalue weighted by atomic mass is 16.5. The summed E-state index contributed by atoms with van der Waals surface area (Å²) in [6, 6.07) is 17.2. The van der Waals surface area contributed by atoms with E-state index >= 15 is 0 Å². The van der Waals surface area contributed by atoms with Crippen LogP contribution in [0, 0.1) is 0 Å². The molecule has 0 bridgehead atoms. The molecule has 0 saturated carbocycles. The van der Waals surface area contributed by atoms with Gasteiger partial charge in [0.15, 0.2) is 5.75 Å². The van der Waals surface area contributed by atoms with E-state index in [1.54, 1.807) is 0 Å². The number of hydrogen-bond acceptors (Lipinski definition) is 3. The molecule has 20 heavy (non-hydrogen) atoms. The van der Waals surface area contributed by atoms with Crippen molar-refractivity contribution in [2.45, 2.75) is 6.92 Å². The molecule has 0 unspecified atom stereocenters. The molecule has 0 spiro atoms. The first kappa shape index (κ1) is 13.9. The fourth-order valence-corrected chi connectivity index (χ4v) is 1.68. The molecular formula is C15H18N4O. The Labute approximate surface area is 118 Å². The van der Waals surface area contributed by atoms with Crippen molar-refractivity contribution in [3.05, 3.63) is 54.6 Å². The van der Waals surface area contributed by atoms with E-state index in [4.69, 9.17) is 10.6 Å². The predicted octanol–water partition coefficient (Wildman–Crippen LogP) is 2.73. The summed E-state index contributed by atoms with van der Waals surface area (Å²) in [5.41, 5.74) is 3.32. The van der Waals surface area contributed by atoms with Crippen LogP contribution in [0.5, 0.6) is 11.5 Å². The second-order valence-corrected chi connectivity index (χ2v) is 4.00. The number of nitrogens with one attached hydrogen (secondary N) is 2. The number of aliphatic imine (C=N–C) groups is 1. The van der Waals surface area contributed by atoms with Crippen LogP contribution in [0.25, 0.3) is 0 Å². The number of nitrogens with two attached hydrogens (primary N) is 1. The van der Waals surface area contributed by atoms with E-state index < -0.39 is 0 Å². The maximum Gasteiger partial charge on any atom is 0.210 e. The van der Waals surface area contributed by atoms with Crippen LogP contribution in [-0.2, 0) is 0 Å². The first-order chi connectivity index (χ1) is 9.83. The number of hydrogen-bond donors (Lipinski definition) is 3. The van der Waals surface area contributed by atoms with Crippen molar-refractivity contribution in [2.75, 3.05) is 11.9 Å². The Morgan fingerprint density at radius 2 is 1.80 bits per heavy atom. The van der Waals surface area contributed by atoms with Gasteiger partial charge in [-0.1, -0.05) is 30.3 Å². The summed E-state index contributed by atoms with van der Waals surface area (Å²) in [5, 5.41) is 3.11. The summed E-state index contributed by atoms with van der Waals surface area (Å²) < 4.78 is 5.85. The molecule has 0 amide bonds. The van der Waals surface area contributed by atoms with E-state index in [1.807, 2.05) is 61.5 Å². The van der Waals surface area contributed by atoms with Gasteiger partial charge in [-0.05, 0) is 31.2 Å². The van der Waals surface area contributed by atoms with Crippen LogP contribution in [0.3, 0.4) is 0 Å². The van der Waals surface area contributed by atoms with E-state index in [2.05, 4.69) is 15.7 Å². The second kappa shape index (κ2) is 7.16. The lowest BCUT2D eigenvalue weighted by molar-refractivity contribution is 0.485. The fourth-order valence-electron chi connectivity index (χ4n) is 1.68. The lowest BCUT2D eigenvalue weighted by atomic mass is 10.3. The molecule has 4 N–H and O–H groups in total. The zero-order valence-electron chi connectivity index (χ0n) is 11.3. The third-order valence-electron chi connectivity index (χ3n) is 2.56. The smallest absolute Gasteiger partial charge is 0.210 e. The Hall–Kier alpha value is -2.53. The van der Waals surface area contributed by atoms with Crippen LogP contribution in [0.4, 0.5) is 5.69 Å². The number of guanidine groups is 1. The highest BCUT2D eigenvalue weighted by Gasteiger charge is 2.06. The Kier molecular flexibility index (Phi) is 4.97. The van der Waals surface area contributed by atoms with Gasteiger partial charge in [-0.25, -0.2) is 5.84 Å². The van der Waals surface area contributed by atoms with E-state index in [0.717, 1.165) is 11.4 Å². The molecule has 0 aromatic heterocycles. The molecule has 104 valence electrons. The minimum absolute atomic E-state index is 0.497. The third kappa shape index (κ3) is 3.73. The summed E-state index contributed by atoms with van der Waals surface area (Å²) in [4.78, 5) is 4.20. The number of nitrogens with zero attached hydrogens (tertiary/aromatic N) is 1. The topological polar surface area (TPSA) is 71.7 Å². The van der Waals surface area contributed by atoms with Gasteiger partial charge < -0.3 is 10.1 Å².